The zero-order valence-electron chi connectivity index (χ0n) is 9.67. The van der Waals surface area contributed by atoms with Crippen LogP contribution in [0.1, 0.15) is 19.3 Å². The number of carboxylic acid groups (broad SMARTS) is 1. The van der Waals surface area contributed by atoms with Gasteiger partial charge in [-0.15, -0.1) is 0 Å². The molecular weight excluding hydrogens is 280 g/mol. The topological polar surface area (TPSA) is 66.4 Å². The first kappa shape index (κ1) is 13.7. The van der Waals surface area contributed by atoms with Gasteiger partial charge in [-0.2, -0.15) is 0 Å². The monoisotopic (exact) mass is 289 g/mol. The maximum absolute atomic E-state index is 13.5. The fraction of sp³-hybridized carbons (Fsp3) is 0.333. The third-order valence-electron chi connectivity index (χ3n) is 3.30. The van der Waals surface area contributed by atoms with Crippen molar-refractivity contribution in [1.82, 2.24) is 0 Å². The molecule has 0 atom stereocenters. The molecule has 19 heavy (non-hydrogen) atoms. The maximum atomic E-state index is 13.5. The van der Waals surface area contributed by atoms with Gasteiger partial charge in [0, 0.05) is 6.07 Å². The summed E-state index contributed by atoms with van der Waals surface area (Å²) in [5.74, 6) is -4.01. The van der Waals surface area contributed by atoms with E-state index in [0.717, 1.165) is 6.07 Å². The Morgan fingerprint density at radius 1 is 1.32 bits per heavy atom. The Balaban J connectivity index is 2.27. The maximum Gasteiger partial charge on any atom is 0.319 e. The molecule has 1 amide bonds. The summed E-state index contributed by atoms with van der Waals surface area (Å²) in [6, 6.07) is 1.41. The normalized spacial score (nSPS) is 16.6. The van der Waals surface area contributed by atoms with Gasteiger partial charge in [-0.25, -0.2) is 8.78 Å². The van der Waals surface area contributed by atoms with E-state index in [1.54, 1.807) is 0 Å². The molecule has 0 aromatic heterocycles. The lowest BCUT2D eigenvalue weighted by Gasteiger charge is -2.35. The Morgan fingerprint density at radius 3 is 2.37 bits per heavy atom. The summed E-state index contributed by atoms with van der Waals surface area (Å²) in [5.41, 5.74) is -1.94. The molecule has 0 heterocycles. The molecule has 0 unspecified atom stereocenters. The molecule has 7 heteroatoms. The Labute approximate surface area is 112 Å². The van der Waals surface area contributed by atoms with Crippen LogP contribution in [0.3, 0.4) is 0 Å². The number of carboxylic acids is 1. The summed E-state index contributed by atoms with van der Waals surface area (Å²) in [6.45, 7) is 0. The molecular formula is C12H10ClF2NO3. The van der Waals surface area contributed by atoms with Crippen LogP contribution in [0.25, 0.3) is 0 Å². The number of anilines is 1. The zero-order chi connectivity index (χ0) is 14.2. The highest BCUT2D eigenvalue weighted by atomic mass is 35.5. The van der Waals surface area contributed by atoms with Crippen LogP contribution < -0.4 is 5.32 Å². The molecule has 2 rings (SSSR count). The van der Waals surface area contributed by atoms with Gasteiger partial charge in [0.15, 0.2) is 5.82 Å². The minimum absolute atomic E-state index is 0.189. The number of rotatable bonds is 3. The molecule has 1 aliphatic carbocycles. The average Bonchev–Trinajstić information content (AvgIpc) is 2.20. The molecule has 0 spiro atoms. The van der Waals surface area contributed by atoms with E-state index in [9.17, 15) is 18.4 Å². The summed E-state index contributed by atoms with van der Waals surface area (Å²) in [6.07, 6.45) is 0.989. The number of carbonyl (C=O) groups excluding carboxylic acids is 1. The molecule has 2 N–H and O–H groups in total. The van der Waals surface area contributed by atoms with Gasteiger partial charge in [-0.05, 0) is 18.9 Å². The van der Waals surface area contributed by atoms with Gasteiger partial charge in [0.2, 0.25) is 5.91 Å². The van der Waals surface area contributed by atoms with Gasteiger partial charge in [0.05, 0.1) is 10.7 Å². The molecule has 0 saturated heterocycles. The van der Waals surface area contributed by atoms with Crippen molar-refractivity contribution in [3.8, 4) is 0 Å². The molecule has 1 saturated carbocycles. The molecule has 0 radical (unpaired) electrons. The van der Waals surface area contributed by atoms with Crippen molar-refractivity contribution in [2.24, 2.45) is 5.41 Å². The molecule has 0 bridgehead atoms. The van der Waals surface area contributed by atoms with Crippen LogP contribution in [0, 0.1) is 17.0 Å². The first-order valence-electron chi connectivity index (χ1n) is 5.56. The zero-order valence-corrected chi connectivity index (χ0v) is 10.4. The number of carbonyl (C=O) groups is 2. The number of halogens is 3. The molecule has 1 fully saturated rings. The van der Waals surface area contributed by atoms with Gasteiger partial charge in [-0.3, -0.25) is 9.59 Å². The van der Waals surface area contributed by atoms with Crippen LogP contribution >= 0.6 is 11.6 Å². The fourth-order valence-corrected chi connectivity index (χ4v) is 2.20. The molecule has 1 aliphatic rings. The van der Waals surface area contributed by atoms with Crippen LogP contribution in [0.2, 0.25) is 5.02 Å². The number of nitrogens with one attached hydrogen (secondary N) is 1. The van der Waals surface area contributed by atoms with Crippen molar-refractivity contribution in [3.05, 3.63) is 28.8 Å². The quantitative estimate of drug-likeness (QED) is 0.841. The highest BCUT2D eigenvalue weighted by Gasteiger charge is 2.51. The van der Waals surface area contributed by atoms with Crippen molar-refractivity contribution >= 4 is 29.2 Å². The fourth-order valence-electron chi connectivity index (χ4n) is 1.96. The lowest BCUT2D eigenvalue weighted by Crippen LogP contribution is -2.48. The summed E-state index contributed by atoms with van der Waals surface area (Å²) < 4.78 is 26.4. The van der Waals surface area contributed by atoms with Crippen molar-refractivity contribution in [2.45, 2.75) is 19.3 Å². The number of hydrogen-bond donors (Lipinski definition) is 2. The van der Waals surface area contributed by atoms with Gasteiger partial charge < -0.3 is 10.4 Å². The van der Waals surface area contributed by atoms with E-state index < -0.39 is 34.6 Å². The third-order valence-corrected chi connectivity index (χ3v) is 3.59. The van der Waals surface area contributed by atoms with Crippen molar-refractivity contribution in [2.75, 3.05) is 5.32 Å². The van der Waals surface area contributed by atoms with E-state index in [1.165, 1.54) is 0 Å². The summed E-state index contributed by atoms with van der Waals surface area (Å²) >= 11 is 5.63. The second kappa shape index (κ2) is 4.77. The van der Waals surface area contributed by atoms with Crippen LogP contribution in [0.5, 0.6) is 0 Å². The Kier molecular flexibility index (Phi) is 3.45. The van der Waals surface area contributed by atoms with E-state index in [2.05, 4.69) is 5.32 Å². The van der Waals surface area contributed by atoms with Crippen LogP contribution in [-0.4, -0.2) is 17.0 Å². The smallest absolute Gasteiger partial charge is 0.319 e. The number of amides is 1. The first-order valence-corrected chi connectivity index (χ1v) is 5.94. The minimum Gasteiger partial charge on any atom is -0.480 e. The largest absolute Gasteiger partial charge is 0.480 e. The van der Waals surface area contributed by atoms with Crippen molar-refractivity contribution in [1.29, 1.82) is 0 Å². The second-order valence-corrected chi connectivity index (χ2v) is 4.85. The molecule has 1 aromatic rings. The van der Waals surface area contributed by atoms with E-state index in [1.807, 2.05) is 0 Å². The van der Waals surface area contributed by atoms with E-state index >= 15 is 0 Å². The highest BCUT2D eigenvalue weighted by molar-refractivity contribution is 6.34. The average molecular weight is 290 g/mol. The Hall–Kier alpha value is -1.69. The Bertz CT molecular complexity index is 535. The minimum atomic E-state index is -1.54. The highest BCUT2D eigenvalue weighted by Crippen LogP contribution is 2.42. The molecule has 1 aromatic carbocycles. The number of hydrogen-bond acceptors (Lipinski definition) is 2. The number of benzene rings is 1. The van der Waals surface area contributed by atoms with Crippen LogP contribution in [-0.2, 0) is 9.59 Å². The number of aliphatic carboxylic acids is 1. The lowest BCUT2D eigenvalue weighted by atomic mass is 9.68. The summed E-state index contributed by atoms with van der Waals surface area (Å²) in [4.78, 5) is 23.0. The van der Waals surface area contributed by atoms with Gasteiger partial charge >= 0.3 is 5.97 Å². The Morgan fingerprint density at radius 2 is 1.95 bits per heavy atom. The van der Waals surface area contributed by atoms with Crippen LogP contribution in [0.4, 0.5) is 14.5 Å². The van der Waals surface area contributed by atoms with E-state index in [4.69, 9.17) is 16.7 Å². The molecule has 0 aliphatic heterocycles. The third kappa shape index (κ3) is 2.28. The predicted molar refractivity (Wildman–Crippen MR) is 63.9 cm³/mol. The van der Waals surface area contributed by atoms with E-state index in [-0.39, 0.29) is 17.9 Å². The van der Waals surface area contributed by atoms with Gasteiger partial charge in [0.25, 0.3) is 0 Å². The molecule has 102 valence electrons. The van der Waals surface area contributed by atoms with Gasteiger partial charge in [0.1, 0.15) is 11.2 Å². The van der Waals surface area contributed by atoms with Gasteiger partial charge in [-0.1, -0.05) is 18.0 Å². The first-order chi connectivity index (χ1) is 8.86. The van der Waals surface area contributed by atoms with Crippen molar-refractivity contribution < 1.29 is 23.5 Å². The lowest BCUT2D eigenvalue weighted by molar-refractivity contribution is -0.159. The molecule has 4 nitrogen and oxygen atoms in total. The SMILES string of the molecule is O=C(O)C1(C(=O)Nc2c(F)cc(F)cc2Cl)CCC1. The standard InChI is InChI=1S/C12H10ClF2NO3/c13-7-4-6(14)5-8(15)9(7)16-10(17)12(11(18)19)2-1-3-12/h4-5H,1-3H2,(H,16,17)(H,18,19). The summed E-state index contributed by atoms with van der Waals surface area (Å²) in [7, 11) is 0. The van der Waals surface area contributed by atoms with Crippen LogP contribution in [0.15, 0.2) is 12.1 Å². The van der Waals surface area contributed by atoms with Crippen molar-refractivity contribution in [3.63, 3.8) is 0 Å². The predicted octanol–water partition coefficient (Wildman–Crippen LogP) is 2.81. The second-order valence-electron chi connectivity index (χ2n) is 4.44. The van der Waals surface area contributed by atoms with E-state index in [0.29, 0.717) is 12.5 Å². The summed E-state index contributed by atoms with van der Waals surface area (Å²) in [5, 5.41) is 10.9.